The summed E-state index contributed by atoms with van der Waals surface area (Å²) in [6.45, 7) is -0.824. The van der Waals surface area contributed by atoms with E-state index in [4.69, 9.17) is 11.5 Å². The molecule has 0 aliphatic carbocycles. The molecule has 0 amide bonds. The van der Waals surface area contributed by atoms with Crippen LogP contribution in [0, 0.1) is 0 Å². The molecular weight excluding hydrogens is 200 g/mol. The molecule has 0 heterocycles. The van der Waals surface area contributed by atoms with E-state index in [0.29, 0.717) is 0 Å². The maximum Gasteiger partial charge on any atom is 0.180 e. The van der Waals surface area contributed by atoms with Crippen LogP contribution in [0.25, 0.3) is 0 Å². The van der Waals surface area contributed by atoms with Gasteiger partial charge in [0.1, 0.15) is 12.8 Å². The number of alkyl halides is 2. The van der Waals surface area contributed by atoms with Gasteiger partial charge in [-0.3, -0.25) is 0 Å². The highest BCUT2D eigenvalue weighted by Gasteiger charge is 2.18. The van der Waals surface area contributed by atoms with Crippen molar-refractivity contribution >= 4 is 0 Å². The zero-order valence-corrected chi connectivity index (χ0v) is 7.66. The fourth-order valence-electron chi connectivity index (χ4n) is 0.767. The number of hydrogen-bond donors (Lipinski definition) is 2. The average Bonchev–Trinajstić information content (AvgIpc) is 2.15. The third-order valence-corrected chi connectivity index (χ3v) is 1.60. The summed E-state index contributed by atoms with van der Waals surface area (Å²) in [5.74, 6) is -3.10. The molecule has 82 valence electrons. The van der Waals surface area contributed by atoms with Gasteiger partial charge in [0.05, 0.1) is 5.70 Å². The largest absolute Gasteiger partial charge is 0.397 e. The minimum Gasteiger partial charge on any atom is -0.397 e. The molecule has 0 rings (SSSR count). The molecule has 0 saturated carbocycles. The highest BCUT2D eigenvalue weighted by atomic mass is 19.2. The Kier molecular flexibility index (Phi) is 5.22. The summed E-state index contributed by atoms with van der Waals surface area (Å²) in [5.41, 5.74) is 8.32. The van der Waals surface area contributed by atoms with E-state index >= 15 is 0 Å². The molecule has 0 fully saturated rings. The van der Waals surface area contributed by atoms with Crippen molar-refractivity contribution in [2.24, 2.45) is 11.5 Å². The van der Waals surface area contributed by atoms with Crippen molar-refractivity contribution in [2.45, 2.75) is 13.1 Å². The molecule has 0 aliphatic rings. The Hall–Kier alpha value is -1.04. The van der Waals surface area contributed by atoms with Gasteiger partial charge in [-0.2, -0.15) is 0 Å². The van der Waals surface area contributed by atoms with Gasteiger partial charge in [0.2, 0.25) is 0 Å². The summed E-state index contributed by atoms with van der Waals surface area (Å²) in [4.78, 5) is 0. The molecule has 2 nitrogen and oxygen atoms in total. The first-order valence-electron chi connectivity index (χ1n) is 3.88. The second-order valence-electron chi connectivity index (χ2n) is 2.63. The minimum atomic E-state index is -1.74. The molecular formula is C8H12F4N2. The SMILES string of the molecule is CC(F)/C(CN)=C(F)\C(F)=C(\N)CF. The van der Waals surface area contributed by atoms with Crippen LogP contribution in [-0.4, -0.2) is 19.4 Å². The smallest absolute Gasteiger partial charge is 0.180 e. The van der Waals surface area contributed by atoms with Gasteiger partial charge in [-0.05, 0) is 6.92 Å². The van der Waals surface area contributed by atoms with Crippen molar-refractivity contribution in [3.8, 4) is 0 Å². The van der Waals surface area contributed by atoms with Crippen LogP contribution in [0.1, 0.15) is 6.92 Å². The van der Waals surface area contributed by atoms with Crippen molar-refractivity contribution < 1.29 is 17.6 Å². The lowest BCUT2D eigenvalue weighted by molar-refractivity contribution is 0.390. The van der Waals surface area contributed by atoms with E-state index in [1.54, 1.807) is 0 Å². The quantitative estimate of drug-likeness (QED) is 0.549. The first-order valence-corrected chi connectivity index (χ1v) is 3.88. The minimum absolute atomic E-state index is 0.490. The van der Waals surface area contributed by atoms with Crippen LogP contribution in [0.3, 0.4) is 0 Å². The molecule has 1 atom stereocenters. The van der Waals surface area contributed by atoms with E-state index in [1.807, 2.05) is 0 Å². The molecule has 4 N–H and O–H groups in total. The number of halogens is 4. The van der Waals surface area contributed by atoms with Crippen LogP contribution in [0.5, 0.6) is 0 Å². The van der Waals surface area contributed by atoms with Gasteiger partial charge >= 0.3 is 0 Å². The van der Waals surface area contributed by atoms with Crippen molar-refractivity contribution in [2.75, 3.05) is 13.2 Å². The maximum atomic E-state index is 13.0. The van der Waals surface area contributed by atoms with E-state index in [9.17, 15) is 17.6 Å². The van der Waals surface area contributed by atoms with Crippen LogP contribution in [0.4, 0.5) is 17.6 Å². The molecule has 0 aromatic carbocycles. The first kappa shape index (κ1) is 13.0. The van der Waals surface area contributed by atoms with Gasteiger partial charge in [0.15, 0.2) is 11.7 Å². The molecule has 1 unspecified atom stereocenters. The molecule has 0 bridgehead atoms. The highest BCUT2D eigenvalue weighted by Crippen LogP contribution is 2.22. The molecule has 0 aromatic heterocycles. The Labute approximate surface area is 79.3 Å². The summed E-state index contributed by atoms with van der Waals surface area (Å²) in [7, 11) is 0. The lowest BCUT2D eigenvalue weighted by Crippen LogP contribution is -2.14. The highest BCUT2D eigenvalue weighted by molar-refractivity contribution is 5.30. The maximum absolute atomic E-state index is 13.0. The second kappa shape index (κ2) is 5.64. The predicted octanol–water partition coefficient (Wildman–Crippen LogP) is 1.64. The van der Waals surface area contributed by atoms with Gasteiger partial charge in [-0.25, -0.2) is 17.6 Å². The summed E-state index contributed by atoms with van der Waals surface area (Å²) >= 11 is 0. The Morgan fingerprint density at radius 3 is 2.07 bits per heavy atom. The van der Waals surface area contributed by atoms with Gasteiger partial charge in [-0.1, -0.05) is 0 Å². The Balaban J connectivity index is 5.15. The monoisotopic (exact) mass is 212 g/mol. The Morgan fingerprint density at radius 2 is 1.79 bits per heavy atom. The van der Waals surface area contributed by atoms with Gasteiger partial charge in [0, 0.05) is 12.1 Å². The van der Waals surface area contributed by atoms with Crippen LogP contribution in [0.2, 0.25) is 0 Å². The van der Waals surface area contributed by atoms with E-state index in [0.717, 1.165) is 6.92 Å². The Morgan fingerprint density at radius 1 is 1.29 bits per heavy atom. The second-order valence-corrected chi connectivity index (χ2v) is 2.63. The zero-order valence-electron chi connectivity index (χ0n) is 7.66. The van der Waals surface area contributed by atoms with E-state index in [-0.39, 0.29) is 0 Å². The molecule has 0 radical (unpaired) electrons. The average molecular weight is 212 g/mol. The molecule has 0 aromatic rings. The normalized spacial score (nSPS) is 17.3. The van der Waals surface area contributed by atoms with Crippen LogP contribution >= 0.6 is 0 Å². The first-order chi connectivity index (χ1) is 6.45. The lowest BCUT2D eigenvalue weighted by Gasteiger charge is -2.07. The summed E-state index contributed by atoms with van der Waals surface area (Å²) in [5, 5.41) is 0. The van der Waals surface area contributed by atoms with Crippen molar-refractivity contribution in [1.82, 2.24) is 0 Å². The number of allylic oxidation sites excluding steroid dienone is 3. The number of rotatable bonds is 4. The topological polar surface area (TPSA) is 52.0 Å². The third-order valence-electron chi connectivity index (χ3n) is 1.60. The number of hydrogen-bond acceptors (Lipinski definition) is 2. The van der Waals surface area contributed by atoms with Gasteiger partial charge < -0.3 is 11.5 Å². The number of nitrogens with two attached hydrogens (primary N) is 2. The molecule has 14 heavy (non-hydrogen) atoms. The van der Waals surface area contributed by atoms with Crippen molar-refractivity contribution in [1.29, 1.82) is 0 Å². The van der Waals surface area contributed by atoms with E-state index in [2.05, 4.69) is 0 Å². The summed E-state index contributed by atoms with van der Waals surface area (Å²) in [6.07, 6.45) is -1.74. The molecule has 0 aliphatic heterocycles. The van der Waals surface area contributed by atoms with Crippen LogP contribution in [-0.2, 0) is 0 Å². The fraction of sp³-hybridized carbons (Fsp3) is 0.500. The van der Waals surface area contributed by atoms with Crippen LogP contribution < -0.4 is 11.5 Å². The standard InChI is InChI=1S/C8H12F4N2/c1-4(10)5(3-13)7(11)8(12)6(14)2-9/h4H,2-3,13-14H2,1H3/b7-5+,8-6-. The van der Waals surface area contributed by atoms with E-state index < -0.39 is 42.3 Å². The van der Waals surface area contributed by atoms with Crippen molar-refractivity contribution in [3.63, 3.8) is 0 Å². The van der Waals surface area contributed by atoms with Gasteiger partial charge in [0.25, 0.3) is 0 Å². The summed E-state index contributed by atoms with van der Waals surface area (Å²) < 4.78 is 50.3. The fourth-order valence-corrected chi connectivity index (χ4v) is 0.767. The Bertz CT molecular complexity index is 258. The third kappa shape index (κ3) is 3.02. The molecule has 0 saturated heterocycles. The van der Waals surface area contributed by atoms with Gasteiger partial charge in [-0.15, -0.1) is 0 Å². The lowest BCUT2D eigenvalue weighted by atomic mass is 10.1. The zero-order chi connectivity index (χ0) is 11.3. The molecule has 6 heteroatoms. The predicted molar refractivity (Wildman–Crippen MR) is 46.1 cm³/mol. The van der Waals surface area contributed by atoms with Crippen LogP contribution in [0.15, 0.2) is 22.9 Å². The van der Waals surface area contributed by atoms with E-state index in [1.165, 1.54) is 0 Å². The summed E-state index contributed by atoms with van der Waals surface area (Å²) in [6, 6.07) is 0. The molecule has 0 spiro atoms. The van der Waals surface area contributed by atoms with Crippen molar-refractivity contribution in [3.05, 3.63) is 22.9 Å².